The van der Waals surface area contributed by atoms with Crippen LogP contribution in [0.25, 0.3) is 10.2 Å². The molecule has 1 amide bonds. The van der Waals surface area contributed by atoms with Crippen LogP contribution in [0, 0.1) is 12.7 Å². The summed E-state index contributed by atoms with van der Waals surface area (Å²) in [5.41, 5.74) is 1.25. The van der Waals surface area contributed by atoms with Gasteiger partial charge in [0.1, 0.15) is 17.4 Å². The lowest BCUT2D eigenvalue weighted by Crippen LogP contribution is -2.57. The third kappa shape index (κ3) is 9.95. The highest BCUT2D eigenvalue weighted by atomic mass is 32.1. The number of carbonyl (C=O) groups excluding carboxylic acids is 3. The average Bonchev–Trinajstić information content (AvgIpc) is 3.75. The van der Waals surface area contributed by atoms with Crippen molar-refractivity contribution in [3.05, 3.63) is 84.4 Å². The number of alkyl halides is 6. The SMILES string of the molecule is Cc1csc(C(=O)N2CCOC3(CCN(Cc4cc(F)cc(CCNC[C@H](OC(=O)C(F)(F)F)c5ccc(OC(=O)C(F)(F)F)c6[nH]c(=O)sc56)c4)CC3)C2)c1. The fraction of sp³-hybridized carbons (Fsp3) is 0.444. The minimum absolute atomic E-state index is 0.00469. The topological polar surface area (TPSA) is 130 Å². The third-order valence-electron chi connectivity index (χ3n) is 9.42. The Hall–Kier alpha value is -4.37. The molecular formula is C36H35F7N4O7S2. The van der Waals surface area contributed by atoms with Crippen molar-refractivity contribution >= 4 is 50.7 Å². The van der Waals surface area contributed by atoms with Gasteiger partial charge in [-0.05, 0) is 85.1 Å². The van der Waals surface area contributed by atoms with Crippen LogP contribution in [0.1, 0.15) is 50.9 Å². The first-order chi connectivity index (χ1) is 26.4. The van der Waals surface area contributed by atoms with E-state index in [0.29, 0.717) is 79.5 Å². The van der Waals surface area contributed by atoms with Crippen molar-refractivity contribution in [1.29, 1.82) is 0 Å². The number of esters is 2. The van der Waals surface area contributed by atoms with Crippen molar-refractivity contribution in [3.8, 4) is 5.75 Å². The van der Waals surface area contributed by atoms with E-state index in [9.17, 15) is 49.9 Å². The van der Waals surface area contributed by atoms with Gasteiger partial charge in [-0.3, -0.25) is 14.5 Å². The summed E-state index contributed by atoms with van der Waals surface area (Å²) in [5, 5.41) is 4.81. The Kier molecular flexibility index (Phi) is 12.2. The Morgan fingerprint density at radius 1 is 1.00 bits per heavy atom. The van der Waals surface area contributed by atoms with Gasteiger partial charge in [0.15, 0.2) is 5.75 Å². The molecule has 4 heterocycles. The molecule has 2 fully saturated rings. The largest absolute Gasteiger partial charge is 0.491 e. The van der Waals surface area contributed by atoms with E-state index in [4.69, 9.17) is 9.47 Å². The lowest BCUT2D eigenvalue weighted by Gasteiger charge is -2.47. The van der Waals surface area contributed by atoms with Crippen LogP contribution in [-0.4, -0.2) is 96.5 Å². The number of amides is 1. The number of likely N-dealkylation sites (tertiary alicyclic amines) is 1. The monoisotopic (exact) mass is 832 g/mol. The van der Waals surface area contributed by atoms with Gasteiger partial charge in [-0.1, -0.05) is 17.4 Å². The molecule has 1 atom stereocenters. The zero-order valence-corrected chi connectivity index (χ0v) is 31.2. The maximum absolute atomic E-state index is 14.8. The molecule has 2 N–H and O–H groups in total. The maximum atomic E-state index is 14.8. The van der Waals surface area contributed by atoms with Gasteiger partial charge in [0.25, 0.3) is 5.91 Å². The van der Waals surface area contributed by atoms with Crippen LogP contribution in [0.5, 0.6) is 5.75 Å². The van der Waals surface area contributed by atoms with Crippen molar-refractivity contribution < 1.29 is 59.3 Å². The highest BCUT2D eigenvalue weighted by Gasteiger charge is 2.44. The van der Waals surface area contributed by atoms with Crippen LogP contribution in [0.4, 0.5) is 30.7 Å². The van der Waals surface area contributed by atoms with Crippen LogP contribution < -0.4 is 14.9 Å². The van der Waals surface area contributed by atoms with Gasteiger partial charge >= 0.3 is 29.2 Å². The molecule has 2 aliphatic heterocycles. The number of halogens is 7. The second-order valence-corrected chi connectivity index (χ2v) is 15.5. The molecule has 6 rings (SSSR count). The molecular weight excluding hydrogens is 798 g/mol. The molecule has 2 aliphatic rings. The number of H-pyrrole nitrogens is 1. The van der Waals surface area contributed by atoms with Crippen LogP contribution in [-0.2, 0) is 32.0 Å². The van der Waals surface area contributed by atoms with E-state index in [2.05, 4.69) is 19.9 Å². The van der Waals surface area contributed by atoms with Crippen LogP contribution >= 0.6 is 22.7 Å². The molecule has 0 bridgehead atoms. The number of nitrogens with one attached hydrogen (secondary N) is 2. The van der Waals surface area contributed by atoms with Gasteiger partial charge in [0.05, 0.1) is 28.3 Å². The van der Waals surface area contributed by atoms with E-state index >= 15 is 0 Å². The second-order valence-electron chi connectivity index (χ2n) is 13.6. The fourth-order valence-corrected chi connectivity index (χ4v) is 8.53. The molecule has 0 saturated carbocycles. The Morgan fingerprint density at radius 3 is 2.39 bits per heavy atom. The first-order valence-electron chi connectivity index (χ1n) is 17.3. The molecule has 0 aliphatic carbocycles. The Bertz CT molecular complexity index is 2140. The molecule has 56 heavy (non-hydrogen) atoms. The highest BCUT2D eigenvalue weighted by molar-refractivity contribution is 7.16. The number of benzene rings is 2. The standard InChI is InChI=1S/C36H35F7N4O7S2/c1-20-12-27(55-18-20)30(48)47-10-11-52-34(19-47)5-8-46(9-6-34)17-22-13-21(14-23(37)15-22)4-7-44-16-26(54-32(50)36(41,42)43)24-2-3-25(53-31(49)35(38,39)40)28-29(24)56-33(51)45-28/h2-3,12-15,18,26,44H,4-11,16-17,19H2,1H3,(H,45,51)/t26-/m0/s1. The summed E-state index contributed by atoms with van der Waals surface area (Å²) in [4.78, 5) is 54.7. The summed E-state index contributed by atoms with van der Waals surface area (Å²) in [6.07, 6.45) is -10.9. The number of ether oxygens (including phenoxy) is 3. The van der Waals surface area contributed by atoms with Gasteiger partial charge in [-0.15, -0.1) is 11.3 Å². The number of carbonyl (C=O) groups is 3. The van der Waals surface area contributed by atoms with Crippen molar-refractivity contribution in [3.63, 3.8) is 0 Å². The highest BCUT2D eigenvalue weighted by Crippen LogP contribution is 2.36. The number of morpholine rings is 1. The van der Waals surface area contributed by atoms with Gasteiger partial charge in [0.2, 0.25) is 0 Å². The first kappa shape index (κ1) is 41.3. The van der Waals surface area contributed by atoms with Crippen molar-refractivity contribution in [2.75, 3.05) is 45.9 Å². The summed E-state index contributed by atoms with van der Waals surface area (Å²) >= 11 is 1.82. The zero-order chi connectivity index (χ0) is 40.4. The lowest BCUT2D eigenvalue weighted by molar-refractivity contribution is -0.205. The quantitative estimate of drug-likeness (QED) is 0.0803. The maximum Gasteiger partial charge on any atom is 0.491 e. The summed E-state index contributed by atoms with van der Waals surface area (Å²) < 4.78 is 108. The van der Waals surface area contributed by atoms with Gasteiger partial charge < -0.3 is 29.4 Å². The molecule has 11 nitrogen and oxygen atoms in total. The number of piperidine rings is 1. The molecule has 0 radical (unpaired) electrons. The first-order valence-corrected chi connectivity index (χ1v) is 19.0. The smallest absolute Gasteiger partial charge is 0.449 e. The van der Waals surface area contributed by atoms with Gasteiger partial charge in [0, 0.05) is 38.3 Å². The van der Waals surface area contributed by atoms with E-state index in [-0.39, 0.29) is 29.1 Å². The van der Waals surface area contributed by atoms with E-state index in [1.165, 1.54) is 23.5 Å². The molecule has 2 aromatic carbocycles. The minimum atomic E-state index is -5.40. The predicted octanol–water partition coefficient (Wildman–Crippen LogP) is 6.05. The zero-order valence-electron chi connectivity index (χ0n) is 29.6. The number of aryl methyl sites for hydroxylation is 1. The number of rotatable bonds is 11. The van der Waals surface area contributed by atoms with E-state index < -0.39 is 64.5 Å². The molecule has 4 aromatic rings. The van der Waals surface area contributed by atoms with Crippen LogP contribution in [0.2, 0.25) is 0 Å². The van der Waals surface area contributed by atoms with Crippen LogP contribution in [0.15, 0.2) is 46.6 Å². The third-order valence-corrected chi connectivity index (χ3v) is 11.4. The Balaban J connectivity index is 1.07. The number of nitrogens with zero attached hydrogens (tertiary/aromatic N) is 2. The fourth-order valence-electron chi connectivity index (χ4n) is 6.75. The van der Waals surface area contributed by atoms with Gasteiger partial charge in [-0.25, -0.2) is 14.0 Å². The average molecular weight is 833 g/mol. The number of hydrogen-bond acceptors (Lipinski definition) is 11. The second kappa shape index (κ2) is 16.6. The Labute approximate surface area is 322 Å². The minimum Gasteiger partial charge on any atom is -0.449 e. The number of hydrogen-bond donors (Lipinski definition) is 2. The van der Waals surface area contributed by atoms with Crippen molar-refractivity contribution in [2.45, 2.75) is 56.8 Å². The molecule has 0 unspecified atom stereocenters. The summed E-state index contributed by atoms with van der Waals surface area (Å²) in [7, 11) is 0. The number of aromatic amines is 1. The number of fused-ring (bicyclic) bond motifs is 1. The molecule has 2 aromatic heterocycles. The Morgan fingerprint density at radius 2 is 1.71 bits per heavy atom. The van der Waals surface area contributed by atoms with Crippen molar-refractivity contribution in [1.82, 2.24) is 20.1 Å². The molecule has 2 saturated heterocycles. The molecule has 20 heteroatoms. The lowest BCUT2D eigenvalue weighted by atomic mass is 9.89. The molecule has 1 spiro atoms. The summed E-state index contributed by atoms with van der Waals surface area (Å²) in [6, 6.07) is 8.24. The van der Waals surface area contributed by atoms with E-state index in [1.54, 1.807) is 6.07 Å². The normalized spacial score (nSPS) is 17.0. The van der Waals surface area contributed by atoms with Gasteiger partial charge in [-0.2, -0.15) is 26.3 Å². The number of thiophene rings is 1. The summed E-state index contributed by atoms with van der Waals surface area (Å²) in [5.74, 6) is -6.36. The predicted molar refractivity (Wildman–Crippen MR) is 190 cm³/mol. The number of aromatic nitrogens is 1. The molecule has 302 valence electrons. The van der Waals surface area contributed by atoms with E-state index in [0.717, 1.165) is 17.7 Å². The van der Waals surface area contributed by atoms with Crippen molar-refractivity contribution in [2.24, 2.45) is 0 Å². The summed E-state index contributed by atoms with van der Waals surface area (Å²) in [6.45, 7) is 4.76. The number of thiazole rings is 1. The van der Waals surface area contributed by atoms with E-state index in [1.807, 2.05) is 23.3 Å². The van der Waals surface area contributed by atoms with Crippen LogP contribution in [0.3, 0.4) is 0 Å².